The molecule has 0 aliphatic heterocycles. The maximum Gasteiger partial charge on any atom is 0.341 e. The number of aromatic carboxylic acids is 1. The molecular weight excluding hydrogens is 212 g/mol. The van der Waals surface area contributed by atoms with Crippen LogP contribution in [0.1, 0.15) is 10.4 Å². The molecule has 1 aromatic rings. The molecule has 2 N–H and O–H groups in total. The molecule has 7 heteroatoms. The van der Waals surface area contributed by atoms with E-state index in [0.717, 1.165) is 18.2 Å². The van der Waals surface area contributed by atoms with E-state index < -0.39 is 32.3 Å². The van der Waals surface area contributed by atoms with Crippen molar-refractivity contribution in [3.8, 4) is 5.75 Å². The second-order valence-electron chi connectivity index (χ2n) is 2.41. The summed E-state index contributed by atoms with van der Waals surface area (Å²) in [6.07, 6.45) is 0. The summed E-state index contributed by atoms with van der Waals surface area (Å²) in [5.41, 5.74) is -0.949. The van der Waals surface area contributed by atoms with Gasteiger partial charge >= 0.3 is 5.97 Å². The molecule has 0 aromatic heterocycles. The fraction of sp³-hybridized carbons (Fsp3) is 0. The van der Waals surface area contributed by atoms with Gasteiger partial charge in [0.05, 0.1) is 0 Å². The van der Waals surface area contributed by atoms with Crippen molar-refractivity contribution in [2.75, 3.05) is 0 Å². The summed E-state index contributed by atoms with van der Waals surface area (Å²) in [5.74, 6) is -2.66. The molecule has 1 aromatic carbocycles. The molecule has 0 saturated heterocycles. The van der Waals surface area contributed by atoms with Crippen molar-refractivity contribution < 1.29 is 28.0 Å². The molecule has 0 unspecified atom stereocenters. The quantitative estimate of drug-likeness (QED) is 0.710. The number of rotatable bonds is 2. The van der Waals surface area contributed by atoms with E-state index >= 15 is 0 Å². The number of benzene rings is 1. The van der Waals surface area contributed by atoms with Crippen molar-refractivity contribution in [1.29, 1.82) is 0 Å². The average Bonchev–Trinajstić information content (AvgIpc) is 2.01. The van der Waals surface area contributed by atoms with Crippen LogP contribution in [0.4, 0.5) is 0 Å². The van der Waals surface area contributed by atoms with Crippen LogP contribution in [-0.2, 0) is 15.2 Å². The van der Waals surface area contributed by atoms with Crippen molar-refractivity contribution in [3.05, 3.63) is 23.8 Å². The average molecular weight is 217 g/mol. The topological polar surface area (TPSA) is 112 Å². The Bertz CT molecular complexity index is 475. The Kier molecular flexibility index (Phi) is 2.45. The summed E-state index contributed by atoms with van der Waals surface area (Å²) in [6, 6.07) is 2.80. The van der Waals surface area contributed by atoms with Crippen molar-refractivity contribution >= 4 is 16.1 Å². The summed E-state index contributed by atoms with van der Waals surface area (Å²) in [4.78, 5) is 9.62. The first-order valence-corrected chi connectivity index (χ1v) is 4.79. The van der Waals surface area contributed by atoms with Gasteiger partial charge in [0.1, 0.15) is 10.5 Å². The largest absolute Gasteiger partial charge is 0.478 e. The Morgan fingerprint density at radius 2 is 1.86 bits per heavy atom. The van der Waals surface area contributed by atoms with Gasteiger partial charge in [-0.15, -0.1) is 0 Å². The maximum atomic E-state index is 11.0. The first-order valence-electron chi connectivity index (χ1n) is 3.35. The van der Waals surface area contributed by atoms with Crippen LogP contribution in [0.15, 0.2) is 23.1 Å². The van der Waals surface area contributed by atoms with Gasteiger partial charge in [-0.1, -0.05) is 6.07 Å². The van der Waals surface area contributed by atoms with Crippen LogP contribution >= 0.6 is 0 Å². The predicted octanol–water partition coefficient (Wildman–Crippen LogP) is 0.775. The van der Waals surface area contributed by atoms with Crippen molar-refractivity contribution in [3.63, 3.8) is 0 Å². The Labute approximate surface area is 79.2 Å². The van der Waals surface area contributed by atoms with E-state index in [1.54, 1.807) is 0 Å². The van der Waals surface area contributed by atoms with Crippen LogP contribution in [0, 0.1) is 0 Å². The number of carboxylic acid groups (broad SMARTS) is 1. The highest BCUT2D eigenvalue weighted by Crippen LogP contribution is 2.24. The van der Waals surface area contributed by atoms with Crippen LogP contribution in [0.3, 0.4) is 0 Å². The first-order chi connectivity index (χ1) is 6.34. The Morgan fingerprint density at radius 3 is 2.21 bits per heavy atom. The van der Waals surface area contributed by atoms with Gasteiger partial charge in [-0.05, 0) is 12.1 Å². The molecule has 0 bridgehead atoms. The maximum absolute atomic E-state index is 11.0. The van der Waals surface area contributed by atoms with E-state index in [2.05, 4.69) is 0 Å². The zero-order chi connectivity index (χ0) is 10.9. The lowest BCUT2D eigenvalue weighted by Gasteiger charge is -2.02. The van der Waals surface area contributed by atoms with E-state index in [4.69, 9.17) is 9.66 Å². The van der Waals surface area contributed by atoms with Gasteiger partial charge in [-0.3, -0.25) is 9.66 Å². The van der Waals surface area contributed by atoms with Gasteiger partial charge in [-0.25, -0.2) is 4.79 Å². The minimum absolute atomic E-state index is 0.847. The molecule has 1 radical (unpaired) electrons. The zero-order valence-corrected chi connectivity index (χ0v) is 7.48. The zero-order valence-electron chi connectivity index (χ0n) is 6.67. The van der Waals surface area contributed by atoms with Crippen LogP contribution in [0.5, 0.6) is 5.75 Å². The normalized spacial score (nSPS) is 11.2. The molecule has 0 heterocycles. The lowest BCUT2D eigenvalue weighted by atomic mass is 10.2. The highest BCUT2D eigenvalue weighted by molar-refractivity contribution is 7.86. The van der Waals surface area contributed by atoms with E-state index in [9.17, 15) is 18.3 Å². The van der Waals surface area contributed by atoms with E-state index in [-0.39, 0.29) is 0 Å². The fourth-order valence-corrected chi connectivity index (χ4v) is 1.63. The molecule has 0 saturated carbocycles. The van der Waals surface area contributed by atoms with Gasteiger partial charge in [-0.2, -0.15) is 8.42 Å². The van der Waals surface area contributed by atoms with Gasteiger partial charge in [0.15, 0.2) is 5.75 Å². The van der Waals surface area contributed by atoms with Crippen LogP contribution in [0.2, 0.25) is 0 Å². The summed E-state index contributed by atoms with van der Waals surface area (Å²) in [6.45, 7) is 0. The first kappa shape index (κ1) is 10.5. The van der Waals surface area contributed by atoms with E-state index in [0.29, 0.717) is 0 Å². The molecule has 14 heavy (non-hydrogen) atoms. The lowest BCUT2D eigenvalue weighted by Crippen LogP contribution is -2.07. The standard InChI is InChI=1S/C7H5O6S/c8-4-2-1-3-5(14(11,12)13)6(4)7(9)10/h1-3H,(H,9,10)(H,11,12,13). The summed E-state index contributed by atoms with van der Waals surface area (Å²) in [7, 11) is -4.68. The molecule has 75 valence electrons. The van der Waals surface area contributed by atoms with Crippen LogP contribution < -0.4 is 0 Å². The summed E-state index contributed by atoms with van der Waals surface area (Å²) in [5, 5.41) is 19.5. The molecular formula is C7H5O6S. The van der Waals surface area contributed by atoms with Crippen LogP contribution in [0.25, 0.3) is 0 Å². The predicted molar refractivity (Wildman–Crippen MR) is 43.3 cm³/mol. The monoisotopic (exact) mass is 217 g/mol. The summed E-state index contributed by atoms with van der Waals surface area (Å²) >= 11 is 0. The molecule has 0 aliphatic carbocycles. The third-order valence-corrected chi connectivity index (χ3v) is 2.38. The Morgan fingerprint density at radius 1 is 1.29 bits per heavy atom. The van der Waals surface area contributed by atoms with Crippen molar-refractivity contribution in [2.45, 2.75) is 4.90 Å². The molecule has 1 rings (SSSR count). The van der Waals surface area contributed by atoms with Gasteiger partial charge in [0.25, 0.3) is 10.1 Å². The molecule has 0 spiro atoms. The highest BCUT2D eigenvalue weighted by Gasteiger charge is 2.24. The Hall–Kier alpha value is -1.60. The minimum atomic E-state index is -4.68. The number of hydrogen-bond acceptors (Lipinski definition) is 3. The van der Waals surface area contributed by atoms with Gasteiger partial charge < -0.3 is 5.11 Å². The Balaban J connectivity index is 3.61. The number of carboxylic acids is 1. The fourth-order valence-electron chi connectivity index (χ4n) is 0.937. The highest BCUT2D eigenvalue weighted by atomic mass is 32.2. The van der Waals surface area contributed by atoms with E-state index in [1.165, 1.54) is 0 Å². The van der Waals surface area contributed by atoms with Crippen LogP contribution in [-0.4, -0.2) is 24.0 Å². The molecule has 0 aliphatic rings. The molecule has 0 fully saturated rings. The van der Waals surface area contributed by atoms with Gasteiger partial charge in [0, 0.05) is 0 Å². The third kappa shape index (κ3) is 1.83. The minimum Gasteiger partial charge on any atom is -0.478 e. The second kappa shape index (κ2) is 3.28. The third-order valence-electron chi connectivity index (χ3n) is 1.48. The van der Waals surface area contributed by atoms with Gasteiger partial charge in [0.2, 0.25) is 0 Å². The summed E-state index contributed by atoms with van der Waals surface area (Å²) < 4.78 is 29.9. The molecule has 0 amide bonds. The lowest BCUT2D eigenvalue weighted by molar-refractivity contribution is 0.0686. The number of carbonyl (C=O) groups is 1. The second-order valence-corrected chi connectivity index (χ2v) is 3.80. The van der Waals surface area contributed by atoms with Crippen molar-refractivity contribution in [1.82, 2.24) is 0 Å². The molecule has 6 nitrogen and oxygen atoms in total. The SMILES string of the molecule is [O]c1cccc(S(=O)(=O)O)c1C(=O)O. The number of hydrogen-bond donors (Lipinski definition) is 2. The van der Waals surface area contributed by atoms with E-state index in [1.807, 2.05) is 0 Å². The molecule has 0 atom stereocenters. The van der Waals surface area contributed by atoms with Crippen molar-refractivity contribution in [2.24, 2.45) is 0 Å². The smallest absolute Gasteiger partial charge is 0.341 e.